The van der Waals surface area contributed by atoms with Crippen LogP contribution in [0.3, 0.4) is 0 Å². The first-order chi connectivity index (χ1) is 8.12. The molecule has 1 aliphatic rings. The third-order valence-electron chi connectivity index (χ3n) is 2.50. The fraction of sp³-hybridized carbons (Fsp3) is 0.818. The van der Waals surface area contributed by atoms with E-state index in [0.717, 1.165) is 13.1 Å². The molecule has 0 radical (unpaired) electrons. The van der Waals surface area contributed by atoms with Crippen LogP contribution < -0.4 is 0 Å². The lowest BCUT2D eigenvalue weighted by atomic mass is 10.4. The van der Waals surface area contributed by atoms with Gasteiger partial charge in [-0.25, -0.2) is 0 Å². The average molecular weight is 263 g/mol. The summed E-state index contributed by atoms with van der Waals surface area (Å²) < 4.78 is 28.1. The minimum Gasteiger partial charge on any atom is -0.379 e. The number of rotatable bonds is 7. The molecule has 100 valence electrons. The summed E-state index contributed by atoms with van der Waals surface area (Å²) in [6.07, 6.45) is 0. The van der Waals surface area contributed by atoms with Crippen molar-refractivity contribution in [2.75, 3.05) is 46.1 Å². The van der Waals surface area contributed by atoms with Gasteiger partial charge in [0.2, 0.25) is 0 Å². The molecule has 1 aliphatic heterocycles. The molecule has 1 rings (SSSR count). The predicted octanol–water partition coefficient (Wildman–Crippen LogP) is 2.10. The molecule has 0 spiro atoms. The highest BCUT2D eigenvalue weighted by molar-refractivity contribution is 7.58. The van der Waals surface area contributed by atoms with Gasteiger partial charge in [-0.05, 0) is 13.8 Å². The Kier molecular flexibility index (Phi) is 6.38. The molecule has 0 aliphatic carbocycles. The van der Waals surface area contributed by atoms with Crippen molar-refractivity contribution in [3.63, 3.8) is 0 Å². The second-order valence-corrected chi connectivity index (χ2v) is 5.93. The zero-order valence-corrected chi connectivity index (χ0v) is 11.6. The maximum Gasteiger partial charge on any atom is 0.358 e. The fourth-order valence-corrected chi connectivity index (χ4v) is 3.16. The van der Waals surface area contributed by atoms with Crippen LogP contribution in [0.2, 0.25) is 0 Å². The second kappa shape index (κ2) is 7.29. The Bertz CT molecular complexity index is 279. The molecule has 0 saturated carbocycles. The lowest BCUT2D eigenvalue weighted by Crippen LogP contribution is -2.37. The van der Waals surface area contributed by atoms with Crippen molar-refractivity contribution in [3.05, 3.63) is 11.9 Å². The van der Waals surface area contributed by atoms with Gasteiger partial charge in [-0.1, -0.05) is 6.58 Å². The third kappa shape index (κ3) is 4.53. The maximum atomic E-state index is 12.4. The molecule has 1 saturated heterocycles. The Balaban J connectivity index is 2.54. The van der Waals surface area contributed by atoms with E-state index >= 15 is 0 Å². The standard InChI is InChI=1S/C11H22NO4P/c1-4-15-17(13,16-5-2)11(3)10-12-6-8-14-9-7-12/h3-10H2,1-2H3. The number of ether oxygens (including phenoxy) is 1. The van der Waals surface area contributed by atoms with Gasteiger partial charge in [-0.2, -0.15) is 0 Å². The number of hydrogen-bond acceptors (Lipinski definition) is 5. The summed E-state index contributed by atoms with van der Waals surface area (Å²) in [7, 11) is -3.15. The summed E-state index contributed by atoms with van der Waals surface area (Å²) >= 11 is 0. The van der Waals surface area contributed by atoms with E-state index < -0.39 is 7.60 Å². The van der Waals surface area contributed by atoms with Crippen LogP contribution in [0.4, 0.5) is 0 Å². The second-order valence-electron chi connectivity index (χ2n) is 3.79. The van der Waals surface area contributed by atoms with Crippen LogP contribution in [0.1, 0.15) is 13.8 Å². The van der Waals surface area contributed by atoms with Gasteiger partial charge >= 0.3 is 7.60 Å². The van der Waals surface area contributed by atoms with Gasteiger partial charge in [0.05, 0.1) is 26.4 Å². The Hall–Kier alpha value is -0.190. The predicted molar refractivity (Wildman–Crippen MR) is 67.3 cm³/mol. The molecule has 0 bridgehead atoms. The van der Waals surface area contributed by atoms with Crippen molar-refractivity contribution < 1.29 is 18.3 Å². The Morgan fingerprint density at radius 3 is 2.29 bits per heavy atom. The summed E-state index contributed by atoms with van der Waals surface area (Å²) in [6.45, 7) is 11.8. The molecule has 0 N–H and O–H groups in total. The van der Waals surface area contributed by atoms with Crippen LogP contribution in [0.15, 0.2) is 11.9 Å². The fourth-order valence-electron chi connectivity index (χ4n) is 1.66. The van der Waals surface area contributed by atoms with E-state index in [1.165, 1.54) is 0 Å². The van der Waals surface area contributed by atoms with Gasteiger partial charge in [0, 0.05) is 24.9 Å². The van der Waals surface area contributed by atoms with E-state index in [1.54, 1.807) is 13.8 Å². The highest BCUT2D eigenvalue weighted by atomic mass is 31.2. The van der Waals surface area contributed by atoms with E-state index in [-0.39, 0.29) is 0 Å². The minimum atomic E-state index is -3.15. The van der Waals surface area contributed by atoms with Crippen molar-refractivity contribution in [2.45, 2.75) is 13.8 Å². The van der Waals surface area contributed by atoms with E-state index in [4.69, 9.17) is 13.8 Å². The van der Waals surface area contributed by atoms with E-state index in [1.807, 2.05) is 0 Å². The van der Waals surface area contributed by atoms with E-state index in [2.05, 4.69) is 11.5 Å². The van der Waals surface area contributed by atoms with Crippen molar-refractivity contribution >= 4 is 7.60 Å². The van der Waals surface area contributed by atoms with Gasteiger partial charge in [-0.15, -0.1) is 0 Å². The molecule has 1 fully saturated rings. The summed E-state index contributed by atoms with van der Waals surface area (Å²) in [5.41, 5.74) is 0. The largest absolute Gasteiger partial charge is 0.379 e. The first kappa shape index (κ1) is 14.9. The lowest BCUT2D eigenvalue weighted by molar-refractivity contribution is 0.0425. The van der Waals surface area contributed by atoms with Gasteiger partial charge < -0.3 is 13.8 Å². The average Bonchev–Trinajstić information content (AvgIpc) is 2.31. The quantitative estimate of drug-likeness (QED) is 0.658. The van der Waals surface area contributed by atoms with Crippen molar-refractivity contribution in [3.8, 4) is 0 Å². The van der Waals surface area contributed by atoms with Crippen LogP contribution in [-0.4, -0.2) is 51.0 Å². The van der Waals surface area contributed by atoms with Crippen molar-refractivity contribution in [1.82, 2.24) is 4.90 Å². The topological polar surface area (TPSA) is 48.0 Å². The number of hydrogen-bond donors (Lipinski definition) is 0. The molecule has 0 aromatic carbocycles. The summed E-state index contributed by atoms with van der Waals surface area (Å²) in [4.78, 5) is 2.15. The first-order valence-corrected chi connectivity index (χ1v) is 7.54. The van der Waals surface area contributed by atoms with E-state index in [0.29, 0.717) is 38.3 Å². The zero-order chi connectivity index (χ0) is 12.7. The van der Waals surface area contributed by atoms with Gasteiger partial charge in [0.25, 0.3) is 0 Å². The van der Waals surface area contributed by atoms with Crippen LogP contribution >= 0.6 is 7.60 Å². The Morgan fingerprint density at radius 1 is 1.29 bits per heavy atom. The Morgan fingerprint density at radius 2 is 1.82 bits per heavy atom. The molecule has 0 amide bonds. The minimum absolute atomic E-state index is 0.361. The van der Waals surface area contributed by atoms with Crippen LogP contribution in [0, 0.1) is 0 Å². The molecule has 17 heavy (non-hydrogen) atoms. The first-order valence-electron chi connectivity index (χ1n) is 6.00. The third-order valence-corrected chi connectivity index (χ3v) is 4.61. The molecule has 1 heterocycles. The monoisotopic (exact) mass is 263 g/mol. The number of nitrogens with zero attached hydrogens (tertiary/aromatic N) is 1. The molecule has 0 aromatic heterocycles. The van der Waals surface area contributed by atoms with Gasteiger partial charge in [0.15, 0.2) is 0 Å². The van der Waals surface area contributed by atoms with Gasteiger partial charge in [-0.3, -0.25) is 9.46 Å². The van der Waals surface area contributed by atoms with Crippen LogP contribution in [0.5, 0.6) is 0 Å². The smallest absolute Gasteiger partial charge is 0.358 e. The van der Waals surface area contributed by atoms with E-state index in [9.17, 15) is 4.57 Å². The molecule has 0 atom stereocenters. The van der Waals surface area contributed by atoms with Crippen LogP contribution in [0.25, 0.3) is 0 Å². The summed E-state index contributed by atoms with van der Waals surface area (Å²) in [5, 5.41) is 0.531. The molecular weight excluding hydrogens is 241 g/mol. The molecule has 0 unspecified atom stereocenters. The SMILES string of the molecule is C=C(CN1CCOCC1)P(=O)(OCC)OCC. The number of morpholine rings is 1. The van der Waals surface area contributed by atoms with Crippen LogP contribution in [-0.2, 0) is 18.3 Å². The summed E-state index contributed by atoms with van der Waals surface area (Å²) in [5.74, 6) is 0. The molecule has 0 aromatic rings. The highest BCUT2D eigenvalue weighted by Gasteiger charge is 2.29. The van der Waals surface area contributed by atoms with Gasteiger partial charge in [0.1, 0.15) is 0 Å². The normalized spacial score (nSPS) is 18.2. The zero-order valence-electron chi connectivity index (χ0n) is 10.7. The summed E-state index contributed by atoms with van der Waals surface area (Å²) in [6, 6.07) is 0. The molecule has 5 nitrogen and oxygen atoms in total. The lowest BCUT2D eigenvalue weighted by Gasteiger charge is -2.29. The molecular formula is C11H22NO4P. The highest BCUT2D eigenvalue weighted by Crippen LogP contribution is 2.55. The Labute approximate surface area is 103 Å². The van der Waals surface area contributed by atoms with Crippen molar-refractivity contribution in [1.29, 1.82) is 0 Å². The maximum absolute atomic E-state index is 12.4. The van der Waals surface area contributed by atoms with Crippen molar-refractivity contribution in [2.24, 2.45) is 0 Å². The molecule has 6 heteroatoms.